The molecule has 5 nitrogen and oxygen atoms in total. The van der Waals surface area contributed by atoms with Crippen molar-refractivity contribution >= 4 is 5.91 Å². The van der Waals surface area contributed by atoms with Crippen LogP contribution < -0.4 is 10.1 Å². The van der Waals surface area contributed by atoms with Gasteiger partial charge in [-0.2, -0.15) is 18.4 Å². The number of likely N-dealkylation sites (N-methyl/N-ethyl adjacent to an activating group) is 1. The Morgan fingerprint density at radius 2 is 1.81 bits per heavy atom. The molecule has 0 aliphatic rings. The molecule has 0 aromatic heterocycles. The van der Waals surface area contributed by atoms with Crippen LogP contribution in [0.1, 0.15) is 43.0 Å². The van der Waals surface area contributed by atoms with Gasteiger partial charge in [-0.25, -0.2) is 0 Å². The quantitative estimate of drug-likeness (QED) is 0.600. The van der Waals surface area contributed by atoms with Crippen molar-refractivity contribution in [2.75, 3.05) is 20.6 Å². The molecule has 2 aromatic rings. The molecule has 0 heterocycles. The number of carbonyl (C=O) groups excluding carboxylic acids is 1. The van der Waals surface area contributed by atoms with E-state index in [0.717, 1.165) is 17.7 Å². The zero-order valence-electron chi connectivity index (χ0n) is 18.6. The number of hydrogen-bond acceptors (Lipinski definition) is 4. The van der Waals surface area contributed by atoms with Crippen LogP contribution in [0, 0.1) is 17.2 Å². The SMILES string of the molecule is CC(C)CC(Oc1ccc(C#N)c(C(F)(F)F)c1)C(=O)NCC(c1ccccc1)N(C)C. The highest BCUT2D eigenvalue weighted by atomic mass is 19.4. The number of nitrogens with one attached hydrogen (secondary N) is 1. The molecule has 2 unspecified atom stereocenters. The first-order valence-corrected chi connectivity index (χ1v) is 10.3. The number of carbonyl (C=O) groups is 1. The number of rotatable bonds is 9. The number of nitriles is 1. The van der Waals surface area contributed by atoms with E-state index in [2.05, 4.69) is 5.32 Å². The number of benzene rings is 2. The molecule has 32 heavy (non-hydrogen) atoms. The van der Waals surface area contributed by atoms with Crippen molar-refractivity contribution in [2.45, 2.75) is 38.6 Å². The molecule has 2 atom stereocenters. The highest BCUT2D eigenvalue weighted by molar-refractivity contribution is 5.81. The zero-order chi connectivity index (χ0) is 23.9. The predicted octanol–water partition coefficient (Wildman–Crippen LogP) is 4.79. The van der Waals surface area contributed by atoms with Crippen LogP contribution in [-0.2, 0) is 11.0 Å². The summed E-state index contributed by atoms with van der Waals surface area (Å²) in [7, 11) is 3.81. The third-order valence-corrected chi connectivity index (χ3v) is 4.95. The van der Waals surface area contributed by atoms with Crippen molar-refractivity contribution in [3.63, 3.8) is 0 Å². The Morgan fingerprint density at radius 1 is 1.16 bits per heavy atom. The maximum atomic E-state index is 13.3. The van der Waals surface area contributed by atoms with Gasteiger partial charge in [0.25, 0.3) is 5.91 Å². The van der Waals surface area contributed by atoms with Crippen molar-refractivity contribution in [3.8, 4) is 11.8 Å². The number of amides is 1. The summed E-state index contributed by atoms with van der Waals surface area (Å²) in [6.07, 6.45) is -5.34. The fraction of sp³-hybridized carbons (Fsp3) is 0.417. The lowest BCUT2D eigenvalue weighted by Crippen LogP contribution is -2.42. The van der Waals surface area contributed by atoms with E-state index in [-0.39, 0.29) is 17.7 Å². The van der Waals surface area contributed by atoms with Gasteiger partial charge in [-0.3, -0.25) is 4.79 Å². The summed E-state index contributed by atoms with van der Waals surface area (Å²) in [5.74, 6) is -0.436. The average Bonchev–Trinajstić information content (AvgIpc) is 2.72. The molecule has 0 saturated carbocycles. The smallest absolute Gasteiger partial charge is 0.417 e. The molecule has 0 radical (unpaired) electrons. The summed E-state index contributed by atoms with van der Waals surface area (Å²) >= 11 is 0. The molecule has 0 saturated heterocycles. The summed E-state index contributed by atoms with van der Waals surface area (Å²) in [6.45, 7) is 4.11. The number of ether oxygens (including phenoxy) is 1. The molecule has 0 aliphatic carbocycles. The van der Waals surface area contributed by atoms with Crippen molar-refractivity contribution in [2.24, 2.45) is 5.92 Å². The number of halogens is 3. The maximum Gasteiger partial charge on any atom is 0.417 e. The van der Waals surface area contributed by atoms with Gasteiger partial charge < -0.3 is 15.0 Å². The molecule has 0 fully saturated rings. The first kappa shape index (κ1) is 25.2. The van der Waals surface area contributed by atoms with E-state index in [4.69, 9.17) is 10.00 Å². The van der Waals surface area contributed by atoms with Gasteiger partial charge in [-0.05, 0) is 50.2 Å². The molecule has 0 bridgehead atoms. The Kier molecular flexibility index (Phi) is 8.67. The minimum Gasteiger partial charge on any atom is -0.481 e. The van der Waals surface area contributed by atoms with Gasteiger partial charge in [-0.15, -0.1) is 0 Å². The van der Waals surface area contributed by atoms with Gasteiger partial charge >= 0.3 is 6.18 Å². The lowest BCUT2D eigenvalue weighted by atomic mass is 10.0. The van der Waals surface area contributed by atoms with Gasteiger partial charge in [0.05, 0.1) is 23.2 Å². The second-order valence-corrected chi connectivity index (χ2v) is 8.19. The first-order chi connectivity index (χ1) is 15.0. The molecule has 2 rings (SSSR count). The Morgan fingerprint density at radius 3 is 2.34 bits per heavy atom. The van der Waals surface area contributed by atoms with Crippen LogP contribution in [0.5, 0.6) is 5.75 Å². The van der Waals surface area contributed by atoms with Crippen molar-refractivity contribution in [1.29, 1.82) is 5.26 Å². The lowest BCUT2D eigenvalue weighted by Gasteiger charge is -2.27. The van der Waals surface area contributed by atoms with E-state index in [0.29, 0.717) is 13.0 Å². The number of nitrogens with zero attached hydrogens (tertiary/aromatic N) is 2. The van der Waals surface area contributed by atoms with Crippen LogP contribution in [0.15, 0.2) is 48.5 Å². The van der Waals surface area contributed by atoms with Gasteiger partial charge in [0.2, 0.25) is 0 Å². The zero-order valence-corrected chi connectivity index (χ0v) is 18.6. The molecular formula is C24H28F3N3O2. The summed E-state index contributed by atoms with van der Waals surface area (Å²) in [4.78, 5) is 14.9. The van der Waals surface area contributed by atoms with E-state index < -0.39 is 29.3 Å². The van der Waals surface area contributed by atoms with Crippen molar-refractivity contribution < 1.29 is 22.7 Å². The first-order valence-electron chi connectivity index (χ1n) is 10.3. The molecule has 1 N–H and O–H groups in total. The second kappa shape index (κ2) is 11.0. The summed E-state index contributed by atoms with van der Waals surface area (Å²) in [5.41, 5.74) is -0.551. The Labute approximate surface area is 186 Å². The Hall–Kier alpha value is -3.05. The van der Waals surface area contributed by atoms with Crippen LogP contribution in [0.2, 0.25) is 0 Å². The molecule has 0 aliphatic heterocycles. The fourth-order valence-electron chi connectivity index (χ4n) is 3.31. The van der Waals surface area contributed by atoms with Crippen molar-refractivity contribution in [1.82, 2.24) is 10.2 Å². The predicted molar refractivity (Wildman–Crippen MR) is 116 cm³/mol. The third-order valence-electron chi connectivity index (χ3n) is 4.95. The monoisotopic (exact) mass is 447 g/mol. The van der Waals surface area contributed by atoms with E-state index in [1.807, 2.05) is 63.2 Å². The van der Waals surface area contributed by atoms with Gasteiger partial charge in [-0.1, -0.05) is 44.2 Å². The van der Waals surface area contributed by atoms with Gasteiger partial charge in [0, 0.05) is 6.54 Å². The molecule has 1 amide bonds. The summed E-state index contributed by atoms with van der Waals surface area (Å²) in [5, 5.41) is 11.8. The number of hydrogen-bond donors (Lipinski definition) is 1. The molecular weight excluding hydrogens is 419 g/mol. The fourth-order valence-corrected chi connectivity index (χ4v) is 3.31. The van der Waals surface area contributed by atoms with Crippen LogP contribution in [0.25, 0.3) is 0 Å². The topological polar surface area (TPSA) is 65.4 Å². The van der Waals surface area contributed by atoms with Crippen LogP contribution in [-0.4, -0.2) is 37.6 Å². The van der Waals surface area contributed by atoms with E-state index in [1.54, 1.807) is 0 Å². The standard InChI is InChI=1S/C24H28F3N3O2/c1-16(2)12-22(32-19-11-10-18(14-28)20(13-19)24(25,26)27)23(31)29-15-21(30(3)4)17-8-6-5-7-9-17/h5-11,13,16,21-22H,12,15H2,1-4H3,(H,29,31). The summed E-state index contributed by atoms with van der Waals surface area (Å²) < 4.78 is 45.5. The maximum absolute atomic E-state index is 13.3. The highest BCUT2D eigenvalue weighted by Gasteiger charge is 2.34. The van der Waals surface area contributed by atoms with E-state index in [9.17, 15) is 18.0 Å². The minimum absolute atomic E-state index is 0.0741. The highest BCUT2D eigenvalue weighted by Crippen LogP contribution is 2.34. The number of alkyl halides is 3. The van der Waals surface area contributed by atoms with E-state index >= 15 is 0 Å². The normalized spacial score (nSPS) is 13.5. The molecule has 2 aromatic carbocycles. The van der Waals surface area contributed by atoms with Crippen LogP contribution in [0.3, 0.4) is 0 Å². The van der Waals surface area contributed by atoms with Gasteiger partial charge in [0.15, 0.2) is 6.10 Å². The molecule has 0 spiro atoms. The largest absolute Gasteiger partial charge is 0.481 e. The van der Waals surface area contributed by atoms with Crippen LogP contribution in [0.4, 0.5) is 13.2 Å². The van der Waals surface area contributed by atoms with Crippen LogP contribution >= 0.6 is 0 Å². The lowest BCUT2D eigenvalue weighted by molar-refractivity contribution is -0.137. The Balaban J connectivity index is 2.19. The Bertz CT molecular complexity index is 938. The minimum atomic E-state index is -4.70. The van der Waals surface area contributed by atoms with Gasteiger partial charge in [0.1, 0.15) is 5.75 Å². The molecule has 172 valence electrons. The second-order valence-electron chi connectivity index (χ2n) is 8.19. The molecule has 8 heteroatoms. The average molecular weight is 448 g/mol. The van der Waals surface area contributed by atoms with E-state index in [1.165, 1.54) is 12.1 Å². The third kappa shape index (κ3) is 6.99. The summed E-state index contributed by atoms with van der Waals surface area (Å²) in [6, 6.07) is 14.2. The van der Waals surface area contributed by atoms with Crippen molar-refractivity contribution in [3.05, 3.63) is 65.2 Å².